The van der Waals surface area contributed by atoms with E-state index in [1.165, 1.54) is 12.1 Å². The second-order valence-electron chi connectivity index (χ2n) is 5.04. The van der Waals surface area contributed by atoms with Crippen molar-refractivity contribution in [1.82, 2.24) is 5.32 Å². The molecular formula is C14H16F3NO. The van der Waals surface area contributed by atoms with Gasteiger partial charge in [0.15, 0.2) is 0 Å². The van der Waals surface area contributed by atoms with E-state index in [4.69, 9.17) is 0 Å². The molecule has 1 aromatic rings. The van der Waals surface area contributed by atoms with Gasteiger partial charge in [-0.05, 0) is 36.7 Å². The van der Waals surface area contributed by atoms with Gasteiger partial charge in [0, 0.05) is 12.3 Å². The molecule has 104 valence electrons. The number of ketones is 1. The molecule has 5 heteroatoms. The van der Waals surface area contributed by atoms with Gasteiger partial charge in [-0.15, -0.1) is 0 Å². The molecular weight excluding hydrogens is 255 g/mol. The van der Waals surface area contributed by atoms with Crippen LogP contribution in [0.4, 0.5) is 13.2 Å². The van der Waals surface area contributed by atoms with Crippen LogP contribution in [0.15, 0.2) is 24.3 Å². The second-order valence-corrected chi connectivity index (χ2v) is 5.04. The number of halogens is 3. The van der Waals surface area contributed by atoms with Crippen molar-refractivity contribution in [3.63, 3.8) is 0 Å². The smallest absolute Gasteiger partial charge is 0.316 e. The van der Waals surface area contributed by atoms with Crippen LogP contribution in [0.2, 0.25) is 0 Å². The molecule has 0 saturated carbocycles. The van der Waals surface area contributed by atoms with Crippen molar-refractivity contribution in [2.75, 3.05) is 13.1 Å². The van der Waals surface area contributed by atoms with E-state index in [0.29, 0.717) is 11.5 Å². The lowest BCUT2D eigenvalue weighted by molar-refractivity contribution is -0.137. The highest BCUT2D eigenvalue weighted by Crippen LogP contribution is 2.29. The fourth-order valence-electron chi connectivity index (χ4n) is 2.10. The summed E-state index contributed by atoms with van der Waals surface area (Å²) < 4.78 is 37.2. The van der Waals surface area contributed by atoms with Crippen LogP contribution < -0.4 is 5.32 Å². The predicted molar refractivity (Wildman–Crippen MR) is 65.7 cm³/mol. The molecule has 1 fully saturated rings. The molecule has 0 aliphatic carbocycles. The van der Waals surface area contributed by atoms with Crippen LogP contribution in [-0.4, -0.2) is 18.9 Å². The fraction of sp³-hybridized carbons (Fsp3) is 0.500. The second kappa shape index (κ2) is 5.33. The van der Waals surface area contributed by atoms with E-state index in [-0.39, 0.29) is 18.1 Å². The van der Waals surface area contributed by atoms with Crippen LogP contribution in [0.3, 0.4) is 0 Å². The molecule has 1 aliphatic rings. The lowest BCUT2D eigenvalue weighted by Crippen LogP contribution is -2.47. The Balaban J connectivity index is 1.97. The van der Waals surface area contributed by atoms with Gasteiger partial charge in [0.1, 0.15) is 5.78 Å². The van der Waals surface area contributed by atoms with Gasteiger partial charge in [0.25, 0.3) is 0 Å². The van der Waals surface area contributed by atoms with Crippen molar-refractivity contribution in [3.05, 3.63) is 35.4 Å². The molecule has 1 unspecified atom stereocenters. The number of hydrogen-bond acceptors (Lipinski definition) is 2. The van der Waals surface area contributed by atoms with Gasteiger partial charge in [-0.25, -0.2) is 0 Å². The van der Waals surface area contributed by atoms with Crippen LogP contribution in [-0.2, 0) is 17.4 Å². The van der Waals surface area contributed by atoms with E-state index in [9.17, 15) is 18.0 Å². The Kier molecular flexibility index (Phi) is 3.94. The number of rotatable bonds is 4. The number of carbonyl (C=O) groups excluding carboxylic acids is 1. The number of alkyl halides is 3. The molecule has 0 amide bonds. The summed E-state index contributed by atoms with van der Waals surface area (Å²) in [6.07, 6.45) is -4.12. The van der Waals surface area contributed by atoms with Crippen LogP contribution in [0.1, 0.15) is 18.1 Å². The first kappa shape index (κ1) is 14.1. The zero-order valence-electron chi connectivity index (χ0n) is 10.6. The first-order valence-electron chi connectivity index (χ1n) is 6.27. The Morgan fingerprint density at radius 3 is 2.32 bits per heavy atom. The number of nitrogens with one attached hydrogen (secondary N) is 1. The molecule has 0 aromatic heterocycles. The van der Waals surface area contributed by atoms with Gasteiger partial charge < -0.3 is 5.32 Å². The summed E-state index contributed by atoms with van der Waals surface area (Å²) in [6.45, 7) is 3.58. The van der Waals surface area contributed by atoms with Crippen LogP contribution in [0.5, 0.6) is 0 Å². The van der Waals surface area contributed by atoms with E-state index in [2.05, 4.69) is 5.32 Å². The van der Waals surface area contributed by atoms with Gasteiger partial charge in [-0.3, -0.25) is 4.79 Å². The van der Waals surface area contributed by atoms with E-state index in [1.807, 2.05) is 6.92 Å². The van der Waals surface area contributed by atoms with Crippen molar-refractivity contribution >= 4 is 5.78 Å². The molecule has 1 aliphatic heterocycles. The maximum absolute atomic E-state index is 12.4. The third-order valence-corrected chi connectivity index (χ3v) is 3.69. The summed E-state index contributed by atoms with van der Waals surface area (Å²) in [6, 6.07) is 4.81. The van der Waals surface area contributed by atoms with Gasteiger partial charge in [0.05, 0.1) is 5.56 Å². The molecule has 2 nitrogen and oxygen atoms in total. The van der Waals surface area contributed by atoms with Crippen molar-refractivity contribution < 1.29 is 18.0 Å². The molecule has 0 radical (unpaired) electrons. The number of Topliss-reactive ketones (excluding diaryl/α,β-unsaturated/α-hetero) is 1. The fourth-order valence-corrected chi connectivity index (χ4v) is 2.10. The lowest BCUT2D eigenvalue weighted by atomic mass is 9.84. The maximum atomic E-state index is 12.4. The molecule has 0 spiro atoms. The Labute approximate surface area is 110 Å². The molecule has 0 bridgehead atoms. The van der Waals surface area contributed by atoms with Gasteiger partial charge in [-0.1, -0.05) is 19.1 Å². The van der Waals surface area contributed by atoms with E-state index >= 15 is 0 Å². The van der Waals surface area contributed by atoms with E-state index in [0.717, 1.165) is 25.2 Å². The molecule has 1 aromatic carbocycles. The number of carbonyl (C=O) groups is 1. The summed E-state index contributed by atoms with van der Waals surface area (Å²) in [5.74, 6) is 0.414. The van der Waals surface area contributed by atoms with Crippen LogP contribution in [0, 0.1) is 11.8 Å². The SMILES string of the molecule is CC(C(=O)Cc1ccc(C(F)(F)F)cc1)C1CNC1. The first-order chi connectivity index (χ1) is 8.88. The van der Waals surface area contributed by atoms with Gasteiger partial charge >= 0.3 is 6.18 Å². The topological polar surface area (TPSA) is 29.1 Å². The summed E-state index contributed by atoms with van der Waals surface area (Å²) in [4.78, 5) is 12.0. The number of hydrogen-bond donors (Lipinski definition) is 1. The Bertz CT molecular complexity index is 449. The highest BCUT2D eigenvalue weighted by molar-refractivity contribution is 5.83. The average Bonchev–Trinajstić information content (AvgIpc) is 2.26. The first-order valence-corrected chi connectivity index (χ1v) is 6.27. The zero-order valence-corrected chi connectivity index (χ0v) is 10.6. The highest BCUT2D eigenvalue weighted by Gasteiger charge is 2.31. The summed E-state index contributed by atoms with van der Waals surface area (Å²) in [5.41, 5.74) is -0.0444. The zero-order chi connectivity index (χ0) is 14.0. The monoisotopic (exact) mass is 271 g/mol. The Morgan fingerprint density at radius 1 is 1.32 bits per heavy atom. The van der Waals surface area contributed by atoms with E-state index < -0.39 is 11.7 Å². The minimum atomic E-state index is -4.33. The molecule has 1 atom stereocenters. The highest BCUT2D eigenvalue weighted by atomic mass is 19.4. The number of benzene rings is 1. The molecule has 1 saturated heterocycles. The van der Waals surface area contributed by atoms with Crippen LogP contribution >= 0.6 is 0 Å². The lowest BCUT2D eigenvalue weighted by Gasteiger charge is -2.31. The van der Waals surface area contributed by atoms with Gasteiger partial charge in [-0.2, -0.15) is 13.2 Å². The minimum Gasteiger partial charge on any atom is -0.316 e. The summed E-state index contributed by atoms with van der Waals surface area (Å²) in [7, 11) is 0. The van der Waals surface area contributed by atoms with Crippen molar-refractivity contribution in [2.24, 2.45) is 11.8 Å². The Hall–Kier alpha value is -1.36. The summed E-state index contributed by atoms with van der Waals surface area (Å²) in [5, 5.41) is 3.11. The van der Waals surface area contributed by atoms with Gasteiger partial charge in [0.2, 0.25) is 0 Å². The predicted octanol–water partition coefficient (Wildman–Crippen LogP) is 2.67. The third-order valence-electron chi connectivity index (χ3n) is 3.69. The Morgan fingerprint density at radius 2 is 1.89 bits per heavy atom. The molecule has 19 heavy (non-hydrogen) atoms. The van der Waals surface area contributed by atoms with Crippen LogP contribution in [0.25, 0.3) is 0 Å². The third kappa shape index (κ3) is 3.35. The normalized spacial score (nSPS) is 17.9. The van der Waals surface area contributed by atoms with Crippen molar-refractivity contribution in [3.8, 4) is 0 Å². The van der Waals surface area contributed by atoms with E-state index in [1.54, 1.807) is 0 Å². The molecule has 2 rings (SSSR count). The van der Waals surface area contributed by atoms with Crippen molar-refractivity contribution in [1.29, 1.82) is 0 Å². The maximum Gasteiger partial charge on any atom is 0.416 e. The van der Waals surface area contributed by atoms with Crippen molar-refractivity contribution in [2.45, 2.75) is 19.5 Å². The largest absolute Gasteiger partial charge is 0.416 e. The standard InChI is InChI=1S/C14H16F3NO/c1-9(11-7-18-8-11)13(19)6-10-2-4-12(5-3-10)14(15,16)17/h2-5,9,11,18H,6-8H2,1H3. The molecule has 1 heterocycles. The minimum absolute atomic E-state index is 0.0384. The average molecular weight is 271 g/mol. The summed E-state index contributed by atoms with van der Waals surface area (Å²) >= 11 is 0. The quantitative estimate of drug-likeness (QED) is 0.912. The molecule has 1 N–H and O–H groups in total.